The summed E-state index contributed by atoms with van der Waals surface area (Å²) in [6, 6.07) is 2.85. The number of hydrazine groups is 1. The van der Waals surface area contributed by atoms with Crippen LogP contribution in [0.25, 0.3) is 6.08 Å². The summed E-state index contributed by atoms with van der Waals surface area (Å²) in [5.41, 5.74) is -0.469. The van der Waals surface area contributed by atoms with Gasteiger partial charge in [-0.15, -0.1) is 5.01 Å². The van der Waals surface area contributed by atoms with Crippen LogP contribution in [-0.2, 0) is 19.8 Å². The van der Waals surface area contributed by atoms with E-state index < -0.39 is 36.0 Å². The SMILES string of the molecule is CC(C)(C)c1cc2c(cc1Cl)C=C(C(=O)OCO/N=[N+](\[O-])N1CC(CO)C1)[C@@H](C(F)(F)F)O2. The molecule has 0 aromatic heterocycles. The summed E-state index contributed by atoms with van der Waals surface area (Å²) in [6.07, 6.45) is -6.46. The van der Waals surface area contributed by atoms with Gasteiger partial charge in [-0.25, -0.2) is 4.79 Å². The van der Waals surface area contributed by atoms with E-state index in [1.807, 2.05) is 20.8 Å². The number of aliphatic hydroxyl groups is 1. The first-order valence-electron chi connectivity index (χ1n) is 9.93. The highest BCUT2D eigenvalue weighted by molar-refractivity contribution is 6.31. The number of benzene rings is 1. The Morgan fingerprint density at radius 2 is 2.03 bits per heavy atom. The maximum atomic E-state index is 13.6. The van der Waals surface area contributed by atoms with E-state index in [1.54, 1.807) is 0 Å². The molecule has 2 aliphatic heterocycles. The van der Waals surface area contributed by atoms with E-state index in [-0.39, 0.29) is 41.9 Å². The van der Waals surface area contributed by atoms with Gasteiger partial charge in [0.1, 0.15) is 5.75 Å². The minimum atomic E-state index is -4.90. The third kappa shape index (κ3) is 5.61. The van der Waals surface area contributed by atoms with Gasteiger partial charge in [-0.05, 0) is 29.2 Å². The topological polar surface area (TPSA) is 107 Å². The lowest BCUT2D eigenvalue weighted by molar-refractivity contribution is -0.727. The number of rotatable bonds is 6. The van der Waals surface area contributed by atoms with E-state index in [0.717, 1.165) is 6.08 Å². The normalized spacial score (nSPS) is 19.3. The van der Waals surface area contributed by atoms with Crippen LogP contribution in [0, 0.1) is 11.1 Å². The van der Waals surface area contributed by atoms with E-state index in [4.69, 9.17) is 26.2 Å². The van der Waals surface area contributed by atoms with Crippen molar-refractivity contribution in [3.8, 4) is 5.75 Å². The second kappa shape index (κ2) is 9.26. The summed E-state index contributed by atoms with van der Waals surface area (Å²) in [4.78, 5) is 17.0. The summed E-state index contributed by atoms with van der Waals surface area (Å²) in [5.74, 6) is -1.47. The molecule has 0 saturated carbocycles. The van der Waals surface area contributed by atoms with Crippen molar-refractivity contribution in [3.05, 3.63) is 39.1 Å². The van der Waals surface area contributed by atoms with Crippen molar-refractivity contribution in [2.45, 2.75) is 38.5 Å². The Hall–Kier alpha value is -2.73. The van der Waals surface area contributed by atoms with Crippen LogP contribution in [0.15, 0.2) is 23.0 Å². The molecule has 1 aromatic carbocycles. The third-order valence-electron chi connectivity index (χ3n) is 5.09. The van der Waals surface area contributed by atoms with Crippen molar-refractivity contribution in [1.29, 1.82) is 0 Å². The molecule has 182 valence electrons. The van der Waals surface area contributed by atoms with Gasteiger partial charge < -0.3 is 24.6 Å². The monoisotopic (exact) mass is 493 g/mol. The summed E-state index contributed by atoms with van der Waals surface area (Å²) >= 11 is 6.28. The third-order valence-corrected chi connectivity index (χ3v) is 5.40. The molecule has 0 aliphatic carbocycles. The first-order valence-corrected chi connectivity index (χ1v) is 10.3. The van der Waals surface area contributed by atoms with E-state index in [2.05, 4.69) is 10.1 Å². The molecule has 2 aliphatic rings. The summed E-state index contributed by atoms with van der Waals surface area (Å²) < 4.78 is 50.7. The molecule has 1 atom stereocenters. The Kier molecular flexibility index (Phi) is 6.99. The van der Waals surface area contributed by atoms with Crippen molar-refractivity contribution in [2.24, 2.45) is 11.2 Å². The molecule has 13 heteroatoms. The average molecular weight is 494 g/mol. The number of nitrogens with zero attached hydrogens (tertiary/aromatic N) is 3. The summed E-state index contributed by atoms with van der Waals surface area (Å²) in [5, 5.41) is 25.2. The number of ether oxygens (including phenoxy) is 2. The van der Waals surface area contributed by atoms with Gasteiger partial charge in [0.05, 0.1) is 23.6 Å². The number of aliphatic hydroxyl groups excluding tert-OH is 1. The molecule has 0 unspecified atom stereocenters. The Morgan fingerprint density at radius 3 is 2.61 bits per heavy atom. The predicted octanol–water partition coefficient (Wildman–Crippen LogP) is 3.58. The lowest BCUT2D eigenvalue weighted by atomic mass is 9.85. The van der Waals surface area contributed by atoms with E-state index in [1.165, 1.54) is 17.1 Å². The second-order valence-corrected chi connectivity index (χ2v) is 9.10. The van der Waals surface area contributed by atoms with Gasteiger partial charge in [-0.2, -0.15) is 13.2 Å². The first kappa shape index (κ1) is 24.9. The van der Waals surface area contributed by atoms with Gasteiger partial charge in [0.25, 0.3) is 6.79 Å². The largest absolute Gasteiger partial charge is 0.569 e. The lowest BCUT2D eigenvalue weighted by Crippen LogP contribution is -2.51. The van der Waals surface area contributed by atoms with Crippen molar-refractivity contribution >= 4 is 23.6 Å². The van der Waals surface area contributed by atoms with Gasteiger partial charge in [-0.1, -0.05) is 32.4 Å². The van der Waals surface area contributed by atoms with Gasteiger partial charge in [0.15, 0.2) is 0 Å². The Balaban J connectivity index is 1.73. The number of esters is 1. The number of fused-ring (bicyclic) bond motifs is 1. The molecule has 0 amide bonds. The maximum Gasteiger partial charge on any atom is 0.430 e. The fourth-order valence-electron chi connectivity index (χ4n) is 3.29. The molecular weight excluding hydrogens is 471 g/mol. The molecular formula is C20H23ClF3N3O6. The van der Waals surface area contributed by atoms with Crippen LogP contribution in [0.3, 0.4) is 0 Å². The maximum absolute atomic E-state index is 13.6. The molecule has 1 saturated heterocycles. The van der Waals surface area contributed by atoms with Crippen molar-refractivity contribution in [3.63, 3.8) is 0 Å². The van der Waals surface area contributed by atoms with Gasteiger partial charge in [-0.3, -0.25) is 0 Å². The van der Waals surface area contributed by atoms with Crippen LogP contribution >= 0.6 is 11.6 Å². The Bertz CT molecular complexity index is 971. The first-order chi connectivity index (χ1) is 15.3. The molecule has 1 aromatic rings. The molecule has 1 N–H and O–H groups in total. The van der Waals surface area contributed by atoms with Crippen LogP contribution < -0.4 is 4.74 Å². The van der Waals surface area contributed by atoms with Crippen molar-refractivity contribution in [1.82, 2.24) is 5.01 Å². The summed E-state index contributed by atoms with van der Waals surface area (Å²) in [7, 11) is 0. The highest BCUT2D eigenvalue weighted by Crippen LogP contribution is 2.42. The van der Waals surface area contributed by atoms with Crippen LogP contribution in [0.1, 0.15) is 31.9 Å². The zero-order valence-electron chi connectivity index (χ0n) is 18.1. The van der Waals surface area contributed by atoms with Gasteiger partial charge in [0.2, 0.25) is 11.4 Å². The van der Waals surface area contributed by atoms with Crippen LogP contribution in [0.2, 0.25) is 5.02 Å². The van der Waals surface area contributed by atoms with Crippen LogP contribution in [0.4, 0.5) is 13.2 Å². The van der Waals surface area contributed by atoms with Crippen molar-refractivity contribution < 1.29 is 42.4 Å². The predicted molar refractivity (Wildman–Crippen MR) is 109 cm³/mol. The number of carbonyl (C=O) groups excluding carboxylic acids is 1. The zero-order chi connectivity index (χ0) is 24.6. The fourth-order valence-corrected chi connectivity index (χ4v) is 3.74. The number of halogens is 4. The van der Waals surface area contributed by atoms with E-state index >= 15 is 0 Å². The van der Waals surface area contributed by atoms with Gasteiger partial charge >= 0.3 is 12.1 Å². The highest BCUT2D eigenvalue weighted by Gasteiger charge is 2.49. The number of alkyl halides is 3. The molecule has 1 fully saturated rings. The molecule has 3 rings (SSSR count). The standard InChI is InChI=1S/C20H23ClF3N3O6/c1-19(2,3)14-6-16-12(5-15(14)21)4-13(17(33-16)20(22,23)24)18(29)31-10-32-25-27(30)26-7-11(8-26)9-28/h4-6,11,17,28H,7-10H2,1-3H3/b27-25-/t17-/m0/s1. The zero-order valence-corrected chi connectivity index (χ0v) is 18.8. The Morgan fingerprint density at radius 1 is 1.36 bits per heavy atom. The molecule has 2 heterocycles. The van der Waals surface area contributed by atoms with E-state index in [0.29, 0.717) is 10.6 Å². The number of hydrogen-bond acceptors (Lipinski definition) is 7. The van der Waals surface area contributed by atoms with Crippen LogP contribution in [0.5, 0.6) is 5.75 Å². The molecule has 33 heavy (non-hydrogen) atoms. The molecule has 0 spiro atoms. The molecule has 9 nitrogen and oxygen atoms in total. The highest BCUT2D eigenvalue weighted by atomic mass is 35.5. The fraction of sp³-hybridized carbons (Fsp3) is 0.550. The molecule has 0 radical (unpaired) electrons. The molecule has 0 bridgehead atoms. The minimum absolute atomic E-state index is 0.0529. The number of carbonyl (C=O) groups is 1. The minimum Gasteiger partial charge on any atom is -0.569 e. The second-order valence-electron chi connectivity index (χ2n) is 8.69. The Labute approximate surface area is 192 Å². The smallest absolute Gasteiger partial charge is 0.430 e. The lowest BCUT2D eigenvalue weighted by Gasteiger charge is -2.32. The number of hydrogen-bond donors (Lipinski definition) is 1. The average Bonchev–Trinajstić information content (AvgIpc) is 2.67. The van der Waals surface area contributed by atoms with Gasteiger partial charge in [0, 0.05) is 23.1 Å². The van der Waals surface area contributed by atoms with E-state index in [9.17, 15) is 23.2 Å². The quantitative estimate of drug-likeness (QED) is 0.161. The summed E-state index contributed by atoms with van der Waals surface area (Å²) in [6.45, 7) is 5.12. The van der Waals surface area contributed by atoms with Crippen LogP contribution in [-0.4, -0.2) is 59.8 Å². The van der Waals surface area contributed by atoms with Crippen molar-refractivity contribution in [2.75, 3.05) is 26.5 Å².